The Labute approximate surface area is 120 Å². The standard InChI is InChI=1S/C15H23NO4/c1-11(2)8-16-9-12-5-6-13(14(7-12)18-3)20-10-15(17)19-4/h5-7,11,16H,8-10H2,1-4H3. The first-order valence-corrected chi connectivity index (χ1v) is 6.64. The van der Waals surface area contributed by atoms with E-state index >= 15 is 0 Å². The first-order chi connectivity index (χ1) is 9.56. The van der Waals surface area contributed by atoms with Gasteiger partial charge in [-0.2, -0.15) is 0 Å². The van der Waals surface area contributed by atoms with E-state index in [2.05, 4.69) is 23.9 Å². The average molecular weight is 281 g/mol. The highest BCUT2D eigenvalue weighted by Crippen LogP contribution is 2.28. The second kappa shape index (κ2) is 8.43. The lowest BCUT2D eigenvalue weighted by Gasteiger charge is -2.12. The smallest absolute Gasteiger partial charge is 0.343 e. The van der Waals surface area contributed by atoms with Crippen LogP contribution in [0.2, 0.25) is 0 Å². The predicted molar refractivity (Wildman–Crippen MR) is 77.0 cm³/mol. The van der Waals surface area contributed by atoms with E-state index < -0.39 is 5.97 Å². The molecule has 112 valence electrons. The summed E-state index contributed by atoms with van der Waals surface area (Å²) in [6.45, 7) is 5.93. The minimum Gasteiger partial charge on any atom is -0.493 e. The van der Waals surface area contributed by atoms with Crippen molar-refractivity contribution in [1.82, 2.24) is 5.32 Å². The van der Waals surface area contributed by atoms with Gasteiger partial charge >= 0.3 is 5.97 Å². The maximum absolute atomic E-state index is 11.1. The van der Waals surface area contributed by atoms with Gasteiger partial charge in [-0.25, -0.2) is 4.79 Å². The molecule has 0 atom stereocenters. The topological polar surface area (TPSA) is 56.8 Å². The first kappa shape index (κ1) is 16.3. The number of carbonyl (C=O) groups excluding carboxylic acids is 1. The van der Waals surface area contributed by atoms with Crippen molar-refractivity contribution in [2.24, 2.45) is 5.92 Å². The van der Waals surface area contributed by atoms with Gasteiger partial charge in [0.2, 0.25) is 0 Å². The Balaban J connectivity index is 2.62. The molecule has 0 aromatic heterocycles. The van der Waals surface area contributed by atoms with Crippen LogP contribution in [0.4, 0.5) is 0 Å². The molecule has 1 rings (SSSR count). The molecule has 1 N–H and O–H groups in total. The molecule has 0 saturated carbocycles. The lowest BCUT2D eigenvalue weighted by Crippen LogP contribution is -2.19. The molecule has 0 saturated heterocycles. The zero-order valence-corrected chi connectivity index (χ0v) is 12.6. The molecule has 5 heteroatoms. The van der Waals surface area contributed by atoms with Crippen LogP contribution in [0.15, 0.2) is 18.2 Å². The second-order valence-electron chi connectivity index (χ2n) is 4.87. The van der Waals surface area contributed by atoms with Crippen molar-refractivity contribution in [3.05, 3.63) is 23.8 Å². The third-order valence-corrected chi connectivity index (χ3v) is 2.68. The SMILES string of the molecule is COC(=O)COc1ccc(CNCC(C)C)cc1OC. The molecular weight excluding hydrogens is 258 g/mol. The molecule has 0 heterocycles. The molecule has 20 heavy (non-hydrogen) atoms. The highest BCUT2D eigenvalue weighted by atomic mass is 16.6. The van der Waals surface area contributed by atoms with Gasteiger partial charge in [0.25, 0.3) is 0 Å². The van der Waals surface area contributed by atoms with Crippen molar-refractivity contribution in [1.29, 1.82) is 0 Å². The highest BCUT2D eigenvalue weighted by Gasteiger charge is 2.08. The van der Waals surface area contributed by atoms with Crippen LogP contribution in [0, 0.1) is 5.92 Å². The van der Waals surface area contributed by atoms with Crippen LogP contribution in [-0.2, 0) is 16.1 Å². The summed E-state index contributed by atoms with van der Waals surface area (Å²) in [7, 11) is 2.90. The molecule has 0 fully saturated rings. The van der Waals surface area contributed by atoms with Crippen molar-refractivity contribution in [2.75, 3.05) is 27.4 Å². The van der Waals surface area contributed by atoms with Gasteiger partial charge in [-0.3, -0.25) is 0 Å². The molecule has 0 bridgehead atoms. The van der Waals surface area contributed by atoms with Crippen LogP contribution < -0.4 is 14.8 Å². The van der Waals surface area contributed by atoms with Crippen molar-refractivity contribution in [3.63, 3.8) is 0 Å². The molecule has 0 aliphatic rings. The van der Waals surface area contributed by atoms with E-state index in [4.69, 9.17) is 9.47 Å². The van der Waals surface area contributed by atoms with Crippen LogP contribution in [0.3, 0.4) is 0 Å². The number of rotatable bonds is 8. The summed E-state index contributed by atoms with van der Waals surface area (Å²) < 4.78 is 15.2. The van der Waals surface area contributed by atoms with Crippen molar-refractivity contribution < 1.29 is 19.0 Å². The minimum atomic E-state index is -0.422. The molecule has 1 aromatic rings. The van der Waals surface area contributed by atoms with Crippen LogP contribution >= 0.6 is 0 Å². The van der Waals surface area contributed by atoms with Crippen LogP contribution in [0.1, 0.15) is 19.4 Å². The van der Waals surface area contributed by atoms with Gasteiger partial charge in [0, 0.05) is 6.54 Å². The summed E-state index contributed by atoms with van der Waals surface area (Å²) in [4.78, 5) is 11.1. The number of carbonyl (C=O) groups is 1. The number of benzene rings is 1. The fourth-order valence-corrected chi connectivity index (χ4v) is 1.64. The van der Waals surface area contributed by atoms with Gasteiger partial charge in [0.05, 0.1) is 14.2 Å². The Morgan fingerprint density at radius 3 is 2.60 bits per heavy atom. The maximum Gasteiger partial charge on any atom is 0.343 e. The number of esters is 1. The quantitative estimate of drug-likeness (QED) is 0.739. The number of ether oxygens (including phenoxy) is 3. The zero-order valence-electron chi connectivity index (χ0n) is 12.6. The number of nitrogens with one attached hydrogen (secondary N) is 1. The summed E-state index contributed by atoms with van der Waals surface area (Å²) in [6.07, 6.45) is 0. The Bertz CT molecular complexity index is 432. The Morgan fingerprint density at radius 1 is 1.25 bits per heavy atom. The summed E-state index contributed by atoms with van der Waals surface area (Å²) >= 11 is 0. The van der Waals surface area contributed by atoms with E-state index in [1.807, 2.05) is 12.1 Å². The van der Waals surface area contributed by atoms with Crippen molar-refractivity contribution >= 4 is 5.97 Å². The first-order valence-electron chi connectivity index (χ1n) is 6.64. The highest BCUT2D eigenvalue weighted by molar-refractivity contribution is 5.71. The molecule has 0 aliphatic heterocycles. The largest absolute Gasteiger partial charge is 0.493 e. The van der Waals surface area contributed by atoms with E-state index in [1.165, 1.54) is 7.11 Å². The van der Waals surface area contributed by atoms with E-state index in [-0.39, 0.29) is 6.61 Å². The minimum absolute atomic E-state index is 0.127. The summed E-state index contributed by atoms with van der Waals surface area (Å²) in [5, 5.41) is 3.36. The molecule has 1 aromatic carbocycles. The summed E-state index contributed by atoms with van der Waals surface area (Å²) in [5.41, 5.74) is 1.10. The zero-order chi connectivity index (χ0) is 15.0. The van der Waals surface area contributed by atoms with Gasteiger partial charge in [-0.15, -0.1) is 0 Å². The lowest BCUT2D eigenvalue weighted by atomic mass is 10.2. The maximum atomic E-state index is 11.1. The number of hydrogen-bond donors (Lipinski definition) is 1. The van der Waals surface area contributed by atoms with Crippen LogP contribution in [0.5, 0.6) is 11.5 Å². The van der Waals surface area contributed by atoms with Crippen molar-refractivity contribution in [2.45, 2.75) is 20.4 Å². The molecule has 0 aliphatic carbocycles. The molecule has 0 radical (unpaired) electrons. The monoisotopic (exact) mass is 281 g/mol. The van der Waals surface area contributed by atoms with Crippen LogP contribution in [-0.4, -0.2) is 33.3 Å². The molecule has 0 amide bonds. The molecule has 5 nitrogen and oxygen atoms in total. The number of hydrogen-bond acceptors (Lipinski definition) is 5. The third kappa shape index (κ3) is 5.48. The van der Waals surface area contributed by atoms with Gasteiger partial charge < -0.3 is 19.5 Å². The van der Waals surface area contributed by atoms with Gasteiger partial charge in [0.1, 0.15) is 0 Å². The van der Waals surface area contributed by atoms with Gasteiger partial charge in [-0.1, -0.05) is 19.9 Å². The normalized spacial score (nSPS) is 10.4. The van der Waals surface area contributed by atoms with E-state index in [0.29, 0.717) is 17.4 Å². The Morgan fingerprint density at radius 2 is 2.00 bits per heavy atom. The summed E-state index contributed by atoms with van der Waals surface area (Å²) in [6, 6.07) is 5.65. The van der Waals surface area contributed by atoms with Crippen molar-refractivity contribution in [3.8, 4) is 11.5 Å². The van der Waals surface area contributed by atoms with E-state index in [0.717, 1.165) is 18.7 Å². The van der Waals surface area contributed by atoms with E-state index in [9.17, 15) is 4.79 Å². The van der Waals surface area contributed by atoms with Gasteiger partial charge in [-0.05, 0) is 30.2 Å². The average Bonchev–Trinajstić information content (AvgIpc) is 2.44. The predicted octanol–water partition coefficient (Wildman–Crippen LogP) is 1.99. The fourth-order valence-electron chi connectivity index (χ4n) is 1.64. The Hall–Kier alpha value is -1.75. The Kier molecular flexibility index (Phi) is 6.87. The fraction of sp³-hybridized carbons (Fsp3) is 0.533. The molecule has 0 spiro atoms. The lowest BCUT2D eigenvalue weighted by molar-refractivity contribution is -0.142. The summed E-state index contributed by atoms with van der Waals surface area (Å²) in [5.74, 6) is 1.33. The van der Waals surface area contributed by atoms with Crippen LogP contribution in [0.25, 0.3) is 0 Å². The van der Waals surface area contributed by atoms with E-state index in [1.54, 1.807) is 13.2 Å². The molecular formula is C15H23NO4. The molecule has 0 unspecified atom stereocenters. The van der Waals surface area contributed by atoms with Gasteiger partial charge in [0.15, 0.2) is 18.1 Å². The third-order valence-electron chi connectivity index (χ3n) is 2.68. The number of methoxy groups -OCH3 is 2. The second-order valence-corrected chi connectivity index (χ2v) is 4.87.